The summed E-state index contributed by atoms with van der Waals surface area (Å²) in [6.45, 7) is 0.135. The van der Waals surface area contributed by atoms with Crippen LogP contribution >= 0.6 is 23.4 Å². The van der Waals surface area contributed by atoms with Gasteiger partial charge in [0.25, 0.3) is 5.91 Å². The molecule has 0 aliphatic rings. The van der Waals surface area contributed by atoms with Crippen molar-refractivity contribution >= 4 is 35.2 Å². The fourth-order valence-electron chi connectivity index (χ4n) is 2.16. The molecule has 0 spiro atoms. The van der Waals surface area contributed by atoms with Gasteiger partial charge < -0.3 is 10.6 Å². The second-order valence-electron chi connectivity index (χ2n) is 4.96. The minimum Gasteiger partial charge on any atom is -0.368 e. The fourth-order valence-corrected chi connectivity index (χ4v) is 2.80. The zero-order valence-electron chi connectivity index (χ0n) is 12.7. The number of hydrogen-bond donors (Lipinski definition) is 1. The van der Waals surface area contributed by atoms with Crippen molar-refractivity contribution in [2.75, 3.05) is 12.8 Å². The van der Waals surface area contributed by atoms with Gasteiger partial charge in [0, 0.05) is 11.4 Å². The predicted molar refractivity (Wildman–Crippen MR) is 93.6 cm³/mol. The second kappa shape index (κ2) is 8.04. The third-order valence-electron chi connectivity index (χ3n) is 3.25. The van der Waals surface area contributed by atoms with E-state index in [9.17, 15) is 9.59 Å². The average Bonchev–Trinajstić information content (AvgIpc) is 2.54. The molecular weight excluding hydrogens is 332 g/mol. The van der Waals surface area contributed by atoms with Gasteiger partial charge in [-0.3, -0.25) is 9.59 Å². The maximum atomic E-state index is 12.8. The molecule has 0 unspecified atom stereocenters. The van der Waals surface area contributed by atoms with Crippen molar-refractivity contribution < 1.29 is 9.59 Å². The lowest BCUT2D eigenvalue weighted by Gasteiger charge is -2.22. The van der Waals surface area contributed by atoms with Gasteiger partial charge in [0.05, 0.1) is 17.1 Å². The van der Waals surface area contributed by atoms with Gasteiger partial charge in [-0.05, 0) is 30.0 Å². The molecule has 6 heteroatoms. The van der Waals surface area contributed by atoms with Crippen molar-refractivity contribution in [3.05, 3.63) is 64.7 Å². The first-order chi connectivity index (χ1) is 11.0. The summed E-state index contributed by atoms with van der Waals surface area (Å²) in [5.74, 6) is -0.875. The van der Waals surface area contributed by atoms with Gasteiger partial charge in [0.2, 0.25) is 5.91 Å². The molecule has 0 aromatic heterocycles. The van der Waals surface area contributed by atoms with Crippen LogP contribution in [0.1, 0.15) is 15.9 Å². The molecular formula is C17H17ClN2O2S. The molecule has 2 aromatic carbocycles. The van der Waals surface area contributed by atoms with Gasteiger partial charge in [0.1, 0.15) is 0 Å². The molecule has 0 saturated carbocycles. The van der Waals surface area contributed by atoms with Gasteiger partial charge in [-0.2, -0.15) is 0 Å². The van der Waals surface area contributed by atoms with Crippen LogP contribution in [-0.4, -0.2) is 29.5 Å². The van der Waals surface area contributed by atoms with E-state index in [0.717, 1.165) is 10.5 Å². The van der Waals surface area contributed by atoms with Gasteiger partial charge in [0.15, 0.2) is 0 Å². The third-order valence-corrected chi connectivity index (χ3v) is 4.31. The Morgan fingerprint density at radius 1 is 1.17 bits per heavy atom. The van der Waals surface area contributed by atoms with Gasteiger partial charge in [-0.15, -0.1) is 11.8 Å². The topological polar surface area (TPSA) is 63.4 Å². The third kappa shape index (κ3) is 4.74. The first-order valence-corrected chi connectivity index (χ1v) is 8.56. The van der Waals surface area contributed by atoms with Crippen molar-refractivity contribution in [1.29, 1.82) is 0 Å². The minimum absolute atomic E-state index is 0.159. The highest BCUT2D eigenvalue weighted by Gasteiger charge is 2.20. The Morgan fingerprint density at radius 2 is 1.87 bits per heavy atom. The molecule has 4 nitrogen and oxygen atoms in total. The molecule has 120 valence electrons. The van der Waals surface area contributed by atoms with Crippen molar-refractivity contribution in [3.8, 4) is 0 Å². The molecule has 0 radical (unpaired) electrons. The number of nitrogens with two attached hydrogens (primary N) is 1. The van der Waals surface area contributed by atoms with Crippen LogP contribution < -0.4 is 5.73 Å². The number of hydrogen-bond acceptors (Lipinski definition) is 3. The monoisotopic (exact) mass is 348 g/mol. The Bertz CT molecular complexity index is 707. The molecule has 0 aliphatic heterocycles. The molecule has 0 saturated heterocycles. The largest absolute Gasteiger partial charge is 0.368 e. The second-order valence-corrected chi connectivity index (χ2v) is 6.25. The maximum Gasteiger partial charge on any atom is 0.256 e. The van der Waals surface area contributed by atoms with E-state index in [-0.39, 0.29) is 12.5 Å². The molecule has 0 aliphatic carbocycles. The summed E-state index contributed by atoms with van der Waals surface area (Å²) in [5, 5.41) is 0.357. The minimum atomic E-state index is -0.563. The van der Waals surface area contributed by atoms with E-state index in [1.807, 2.05) is 42.7 Å². The number of thioether (sulfide) groups is 1. The summed E-state index contributed by atoms with van der Waals surface area (Å²) >= 11 is 7.68. The first-order valence-electron chi connectivity index (χ1n) is 6.96. The lowest BCUT2D eigenvalue weighted by Crippen LogP contribution is -2.38. The molecule has 2 N–H and O–H groups in total. The van der Waals surface area contributed by atoms with Crippen LogP contribution in [0, 0.1) is 0 Å². The van der Waals surface area contributed by atoms with Crippen LogP contribution in [0.4, 0.5) is 0 Å². The molecule has 23 heavy (non-hydrogen) atoms. The number of amides is 2. The van der Waals surface area contributed by atoms with E-state index in [0.29, 0.717) is 17.1 Å². The zero-order chi connectivity index (χ0) is 16.8. The standard InChI is InChI=1S/C17H17ClN2O2S/c1-23-13-7-8-15(18)14(9-13)17(22)20(11-16(19)21)10-12-5-3-2-4-6-12/h2-9H,10-11H2,1H3,(H2,19,21). The van der Waals surface area contributed by atoms with Crippen molar-refractivity contribution in [3.63, 3.8) is 0 Å². The van der Waals surface area contributed by atoms with Crippen LogP contribution in [-0.2, 0) is 11.3 Å². The molecule has 0 atom stereocenters. The van der Waals surface area contributed by atoms with E-state index in [1.54, 1.807) is 12.1 Å². The summed E-state index contributed by atoms with van der Waals surface area (Å²) < 4.78 is 0. The van der Waals surface area contributed by atoms with Crippen LogP contribution in [0.5, 0.6) is 0 Å². The van der Waals surface area contributed by atoms with E-state index >= 15 is 0 Å². The summed E-state index contributed by atoms with van der Waals surface area (Å²) in [5.41, 5.74) is 6.57. The lowest BCUT2D eigenvalue weighted by molar-refractivity contribution is -0.118. The van der Waals surface area contributed by atoms with Gasteiger partial charge in [-0.1, -0.05) is 41.9 Å². The smallest absolute Gasteiger partial charge is 0.256 e. The molecule has 0 fully saturated rings. The predicted octanol–water partition coefficient (Wildman–Crippen LogP) is 3.19. The number of halogens is 1. The van der Waals surface area contributed by atoms with Crippen LogP contribution in [0.25, 0.3) is 0 Å². The number of primary amides is 1. The van der Waals surface area contributed by atoms with Gasteiger partial charge >= 0.3 is 0 Å². The summed E-state index contributed by atoms with van der Waals surface area (Å²) in [7, 11) is 0. The molecule has 2 amide bonds. The quantitative estimate of drug-likeness (QED) is 0.815. The first kappa shape index (κ1) is 17.4. The number of rotatable bonds is 6. The van der Waals surface area contributed by atoms with Crippen molar-refractivity contribution in [1.82, 2.24) is 4.90 Å². The molecule has 0 bridgehead atoms. The average molecular weight is 349 g/mol. The summed E-state index contributed by atoms with van der Waals surface area (Å²) in [4.78, 5) is 26.5. The van der Waals surface area contributed by atoms with Crippen LogP contribution in [0.3, 0.4) is 0 Å². The molecule has 2 aromatic rings. The van der Waals surface area contributed by atoms with E-state index in [1.165, 1.54) is 16.7 Å². The Labute approximate surface area is 144 Å². The molecule has 2 rings (SSSR count). The summed E-state index contributed by atoms with van der Waals surface area (Å²) in [6, 6.07) is 14.7. The Hall–Kier alpha value is -1.98. The Balaban J connectivity index is 2.31. The SMILES string of the molecule is CSc1ccc(Cl)c(C(=O)N(CC(N)=O)Cc2ccccc2)c1. The lowest BCUT2D eigenvalue weighted by atomic mass is 10.1. The van der Waals surface area contributed by atoms with E-state index in [4.69, 9.17) is 17.3 Å². The highest BCUT2D eigenvalue weighted by atomic mass is 35.5. The van der Waals surface area contributed by atoms with E-state index < -0.39 is 5.91 Å². The van der Waals surface area contributed by atoms with Crippen LogP contribution in [0.2, 0.25) is 5.02 Å². The number of nitrogens with zero attached hydrogens (tertiary/aromatic N) is 1. The number of carbonyl (C=O) groups excluding carboxylic acids is 2. The Morgan fingerprint density at radius 3 is 2.48 bits per heavy atom. The van der Waals surface area contributed by atoms with Crippen molar-refractivity contribution in [2.45, 2.75) is 11.4 Å². The zero-order valence-corrected chi connectivity index (χ0v) is 14.2. The number of benzene rings is 2. The summed E-state index contributed by atoms with van der Waals surface area (Å²) in [6.07, 6.45) is 1.92. The highest BCUT2D eigenvalue weighted by Crippen LogP contribution is 2.24. The maximum absolute atomic E-state index is 12.8. The number of carbonyl (C=O) groups is 2. The highest BCUT2D eigenvalue weighted by molar-refractivity contribution is 7.98. The van der Waals surface area contributed by atoms with E-state index in [2.05, 4.69) is 0 Å². The Kier molecular flexibility index (Phi) is 6.07. The van der Waals surface area contributed by atoms with Gasteiger partial charge in [-0.25, -0.2) is 0 Å². The van der Waals surface area contributed by atoms with Crippen LogP contribution in [0.15, 0.2) is 53.4 Å². The van der Waals surface area contributed by atoms with Crippen molar-refractivity contribution in [2.24, 2.45) is 5.73 Å². The molecule has 0 heterocycles. The fraction of sp³-hybridized carbons (Fsp3) is 0.176. The normalized spacial score (nSPS) is 10.3.